The van der Waals surface area contributed by atoms with Crippen LogP contribution in [0.2, 0.25) is 0 Å². The number of nitrogens with zero attached hydrogens (tertiary/aromatic N) is 2. The van der Waals surface area contributed by atoms with Crippen LogP contribution in [0.15, 0.2) is 24.3 Å². The number of para-hydroxylation sites is 1. The van der Waals surface area contributed by atoms with Gasteiger partial charge >= 0.3 is 0 Å². The van der Waals surface area contributed by atoms with Crippen LogP contribution < -0.4 is 5.73 Å². The van der Waals surface area contributed by atoms with Crippen molar-refractivity contribution in [3.63, 3.8) is 0 Å². The van der Waals surface area contributed by atoms with Crippen LogP contribution in [0.5, 0.6) is 0 Å². The highest BCUT2D eigenvalue weighted by Gasteiger charge is 2.18. The Bertz CT molecular complexity index is 519. The van der Waals surface area contributed by atoms with Crippen LogP contribution >= 0.6 is 11.3 Å². The van der Waals surface area contributed by atoms with Crippen molar-refractivity contribution in [2.45, 2.75) is 5.92 Å². The van der Waals surface area contributed by atoms with Gasteiger partial charge in [-0.3, -0.25) is 5.41 Å². The summed E-state index contributed by atoms with van der Waals surface area (Å²) >= 11 is 1.40. The Morgan fingerprint density at radius 2 is 2.27 bits per heavy atom. The molecule has 5 heteroatoms. The topological polar surface area (TPSA) is 86.5 Å². The third kappa shape index (κ3) is 1.67. The number of amidine groups is 1. The molecule has 0 aliphatic rings. The molecule has 0 aliphatic heterocycles. The van der Waals surface area contributed by atoms with Crippen LogP contribution in [0.1, 0.15) is 10.9 Å². The molecule has 0 fully saturated rings. The van der Waals surface area contributed by atoms with Gasteiger partial charge in [0.05, 0.1) is 16.3 Å². The van der Waals surface area contributed by atoms with Crippen LogP contribution in [-0.2, 0) is 0 Å². The van der Waals surface area contributed by atoms with E-state index in [1.807, 2.05) is 30.3 Å². The fourth-order valence-corrected chi connectivity index (χ4v) is 2.30. The van der Waals surface area contributed by atoms with Crippen molar-refractivity contribution in [2.75, 3.05) is 0 Å². The second kappa shape index (κ2) is 3.67. The summed E-state index contributed by atoms with van der Waals surface area (Å²) in [5, 5.41) is 16.7. The molecule has 3 N–H and O–H groups in total. The molecule has 0 saturated carbocycles. The summed E-state index contributed by atoms with van der Waals surface area (Å²) in [6.07, 6.45) is 0. The van der Waals surface area contributed by atoms with Crippen molar-refractivity contribution in [3.05, 3.63) is 29.3 Å². The summed E-state index contributed by atoms with van der Waals surface area (Å²) < 4.78 is 1.01. The van der Waals surface area contributed by atoms with E-state index in [-0.39, 0.29) is 5.84 Å². The van der Waals surface area contributed by atoms with E-state index in [0.29, 0.717) is 5.01 Å². The van der Waals surface area contributed by atoms with Gasteiger partial charge in [0, 0.05) is 0 Å². The molecule has 74 valence electrons. The van der Waals surface area contributed by atoms with Crippen molar-refractivity contribution >= 4 is 27.4 Å². The van der Waals surface area contributed by atoms with Gasteiger partial charge in [-0.2, -0.15) is 5.26 Å². The number of hydrogen-bond donors (Lipinski definition) is 2. The number of aromatic nitrogens is 1. The average Bonchev–Trinajstić information content (AvgIpc) is 2.61. The lowest BCUT2D eigenvalue weighted by molar-refractivity contribution is 1.08. The average molecular weight is 216 g/mol. The number of fused-ring (bicyclic) bond motifs is 1. The van der Waals surface area contributed by atoms with Gasteiger partial charge in [0.1, 0.15) is 10.8 Å². The number of nitrogens with one attached hydrogen (secondary N) is 1. The van der Waals surface area contributed by atoms with E-state index >= 15 is 0 Å². The minimum atomic E-state index is -0.720. The smallest absolute Gasteiger partial charge is 0.154 e. The molecule has 0 bridgehead atoms. The summed E-state index contributed by atoms with van der Waals surface area (Å²) in [7, 11) is 0. The number of nitrogens with two attached hydrogens (primary N) is 1. The highest BCUT2D eigenvalue weighted by atomic mass is 32.1. The molecule has 1 unspecified atom stereocenters. The monoisotopic (exact) mass is 216 g/mol. The van der Waals surface area contributed by atoms with Gasteiger partial charge < -0.3 is 5.73 Å². The van der Waals surface area contributed by atoms with Crippen LogP contribution in [0.25, 0.3) is 10.2 Å². The molecule has 4 nitrogen and oxygen atoms in total. The Balaban J connectivity index is 2.53. The Morgan fingerprint density at radius 1 is 1.53 bits per heavy atom. The summed E-state index contributed by atoms with van der Waals surface area (Å²) in [5.41, 5.74) is 6.17. The van der Waals surface area contributed by atoms with Gasteiger partial charge in [0.2, 0.25) is 0 Å². The van der Waals surface area contributed by atoms with E-state index in [0.717, 1.165) is 10.2 Å². The minimum absolute atomic E-state index is 0.156. The van der Waals surface area contributed by atoms with Crippen LogP contribution in [0, 0.1) is 16.7 Å². The van der Waals surface area contributed by atoms with Crippen molar-refractivity contribution in [1.82, 2.24) is 4.98 Å². The number of thiazole rings is 1. The Morgan fingerprint density at radius 3 is 2.87 bits per heavy atom. The zero-order valence-electron chi connectivity index (χ0n) is 7.77. The maximum absolute atomic E-state index is 8.87. The summed E-state index contributed by atoms with van der Waals surface area (Å²) in [5.74, 6) is -0.876. The summed E-state index contributed by atoms with van der Waals surface area (Å²) in [6, 6.07) is 9.60. The lowest BCUT2D eigenvalue weighted by Crippen LogP contribution is -2.18. The van der Waals surface area contributed by atoms with Crippen molar-refractivity contribution in [2.24, 2.45) is 5.73 Å². The van der Waals surface area contributed by atoms with Crippen molar-refractivity contribution < 1.29 is 0 Å². The van der Waals surface area contributed by atoms with Crippen LogP contribution in [0.4, 0.5) is 0 Å². The van der Waals surface area contributed by atoms with E-state index in [4.69, 9.17) is 16.4 Å². The SMILES string of the molecule is N#CC(C(=N)N)c1nc2ccccc2s1. The molecular formula is C10H8N4S. The standard InChI is InChI=1S/C10H8N4S/c11-5-6(9(12)13)10-14-7-3-1-2-4-8(7)15-10/h1-4,6H,(H3,12,13). The largest absolute Gasteiger partial charge is 0.386 e. The molecule has 1 heterocycles. The fourth-order valence-electron chi connectivity index (χ4n) is 1.27. The number of hydrogen-bond acceptors (Lipinski definition) is 4. The highest BCUT2D eigenvalue weighted by Crippen LogP contribution is 2.26. The molecule has 0 spiro atoms. The van der Waals surface area contributed by atoms with Gasteiger partial charge in [0.15, 0.2) is 5.92 Å². The second-order valence-electron chi connectivity index (χ2n) is 3.04. The Labute approximate surface area is 90.5 Å². The van der Waals surface area contributed by atoms with Gasteiger partial charge in [-0.05, 0) is 12.1 Å². The third-order valence-corrected chi connectivity index (χ3v) is 3.10. The first kappa shape index (κ1) is 9.62. The molecule has 1 aromatic heterocycles. The zero-order valence-corrected chi connectivity index (χ0v) is 8.58. The Hall–Kier alpha value is -1.93. The quantitative estimate of drug-likeness (QED) is 0.593. The van der Waals surface area contributed by atoms with Gasteiger partial charge in [-0.15, -0.1) is 11.3 Å². The summed E-state index contributed by atoms with van der Waals surface area (Å²) in [4.78, 5) is 4.28. The molecule has 2 rings (SSSR count). The molecule has 0 saturated heterocycles. The predicted molar refractivity (Wildman–Crippen MR) is 59.9 cm³/mol. The molecule has 2 aromatic rings. The van der Waals surface area contributed by atoms with E-state index in [2.05, 4.69) is 4.98 Å². The summed E-state index contributed by atoms with van der Waals surface area (Å²) in [6.45, 7) is 0. The first-order chi connectivity index (χ1) is 7.22. The van der Waals surface area contributed by atoms with Gasteiger partial charge in [-0.25, -0.2) is 4.98 Å². The number of benzene rings is 1. The molecule has 0 radical (unpaired) electrons. The molecular weight excluding hydrogens is 208 g/mol. The van der Waals surface area contributed by atoms with Crippen LogP contribution in [-0.4, -0.2) is 10.8 Å². The van der Waals surface area contributed by atoms with Crippen molar-refractivity contribution in [1.29, 1.82) is 10.7 Å². The normalized spacial score (nSPS) is 12.2. The third-order valence-electron chi connectivity index (χ3n) is 2.00. The Kier molecular flexibility index (Phi) is 2.35. The van der Waals surface area contributed by atoms with Crippen molar-refractivity contribution in [3.8, 4) is 6.07 Å². The van der Waals surface area contributed by atoms with Crippen LogP contribution in [0.3, 0.4) is 0 Å². The fraction of sp³-hybridized carbons (Fsp3) is 0.100. The van der Waals surface area contributed by atoms with E-state index in [1.165, 1.54) is 11.3 Å². The zero-order chi connectivity index (χ0) is 10.8. The number of nitriles is 1. The van der Waals surface area contributed by atoms with Gasteiger partial charge in [0.25, 0.3) is 0 Å². The first-order valence-corrected chi connectivity index (χ1v) is 5.13. The van der Waals surface area contributed by atoms with Gasteiger partial charge in [-0.1, -0.05) is 12.1 Å². The van der Waals surface area contributed by atoms with E-state index in [1.54, 1.807) is 0 Å². The highest BCUT2D eigenvalue weighted by molar-refractivity contribution is 7.18. The maximum Gasteiger partial charge on any atom is 0.154 e. The first-order valence-electron chi connectivity index (χ1n) is 4.31. The predicted octanol–water partition coefficient (Wildman–Crippen LogP) is 1.84. The maximum atomic E-state index is 8.87. The molecule has 15 heavy (non-hydrogen) atoms. The number of rotatable bonds is 2. The second-order valence-corrected chi connectivity index (χ2v) is 4.10. The molecule has 0 aliphatic carbocycles. The lowest BCUT2D eigenvalue weighted by atomic mass is 10.2. The van der Waals surface area contributed by atoms with E-state index in [9.17, 15) is 0 Å². The minimum Gasteiger partial charge on any atom is -0.386 e. The molecule has 1 atom stereocenters. The molecule has 0 amide bonds. The van der Waals surface area contributed by atoms with E-state index < -0.39 is 5.92 Å². The lowest BCUT2D eigenvalue weighted by Gasteiger charge is -2.00. The molecule has 1 aromatic carbocycles.